The maximum Gasteiger partial charge on any atom is 0.146 e. The minimum Gasteiger partial charge on any atom is -0.398 e. The number of pyridine rings is 1. The molecule has 3 heteroatoms. The Hall–Kier alpha value is -2.29. The average Bonchev–Trinajstić information content (AvgIpc) is 2.78. The van der Waals surface area contributed by atoms with Crippen molar-refractivity contribution in [2.45, 2.75) is 0 Å². The zero-order valence-corrected chi connectivity index (χ0v) is 8.67. The molecule has 3 rings (SSSR count). The van der Waals surface area contributed by atoms with E-state index in [2.05, 4.69) is 4.98 Å². The zero-order valence-electron chi connectivity index (χ0n) is 8.67. The van der Waals surface area contributed by atoms with Gasteiger partial charge in [-0.15, -0.1) is 0 Å². The largest absolute Gasteiger partial charge is 0.398 e. The fourth-order valence-corrected chi connectivity index (χ4v) is 1.90. The van der Waals surface area contributed by atoms with Gasteiger partial charge in [-0.05, 0) is 11.6 Å². The topological polar surface area (TPSA) is 43.3 Å². The van der Waals surface area contributed by atoms with Crippen molar-refractivity contribution in [3.05, 3.63) is 55.0 Å². The van der Waals surface area contributed by atoms with E-state index in [1.54, 1.807) is 6.20 Å². The monoisotopic (exact) mass is 209 g/mol. The van der Waals surface area contributed by atoms with Crippen LogP contribution in [0.4, 0.5) is 5.69 Å². The van der Waals surface area contributed by atoms with E-state index in [1.165, 1.54) is 0 Å². The number of anilines is 1. The maximum absolute atomic E-state index is 6.02. The third kappa shape index (κ3) is 1.26. The zero-order chi connectivity index (χ0) is 11.0. The molecule has 0 aliphatic carbocycles. The molecule has 0 bridgehead atoms. The van der Waals surface area contributed by atoms with Gasteiger partial charge in [0.05, 0.1) is 0 Å². The molecule has 0 aliphatic rings. The molecular formula is C13H11N3. The third-order valence-corrected chi connectivity index (χ3v) is 2.66. The standard InChI is InChI=1S/C13H11N3/c14-11-6-8-16-9-7-15-13(16)12(11)10-4-2-1-3-5-10/h1-9H,14H2. The number of nitrogens with two attached hydrogens (primary N) is 1. The van der Waals surface area contributed by atoms with Crippen molar-refractivity contribution in [2.75, 3.05) is 5.73 Å². The molecule has 0 amide bonds. The highest BCUT2D eigenvalue weighted by atomic mass is 15.0. The summed E-state index contributed by atoms with van der Waals surface area (Å²) >= 11 is 0. The Kier molecular flexibility index (Phi) is 1.90. The lowest BCUT2D eigenvalue weighted by atomic mass is 10.1. The van der Waals surface area contributed by atoms with E-state index >= 15 is 0 Å². The molecular weight excluding hydrogens is 198 g/mol. The number of hydrogen-bond acceptors (Lipinski definition) is 2. The molecule has 3 aromatic rings. The molecule has 0 saturated carbocycles. The molecule has 2 aromatic heterocycles. The molecule has 1 aromatic carbocycles. The Morgan fingerprint density at radius 3 is 2.62 bits per heavy atom. The molecule has 0 spiro atoms. The van der Waals surface area contributed by atoms with Gasteiger partial charge in [-0.1, -0.05) is 30.3 Å². The number of rotatable bonds is 1. The summed E-state index contributed by atoms with van der Waals surface area (Å²) in [5.41, 5.74) is 9.76. The summed E-state index contributed by atoms with van der Waals surface area (Å²) in [7, 11) is 0. The van der Waals surface area contributed by atoms with E-state index in [0.29, 0.717) is 0 Å². The molecule has 16 heavy (non-hydrogen) atoms. The highest BCUT2D eigenvalue weighted by Gasteiger charge is 2.08. The predicted molar refractivity (Wildman–Crippen MR) is 65.0 cm³/mol. The number of hydrogen-bond donors (Lipinski definition) is 1. The van der Waals surface area contributed by atoms with Crippen LogP contribution in [-0.4, -0.2) is 9.38 Å². The van der Waals surface area contributed by atoms with Crippen LogP contribution in [0.25, 0.3) is 16.8 Å². The smallest absolute Gasteiger partial charge is 0.146 e. The fraction of sp³-hybridized carbons (Fsp3) is 0. The van der Waals surface area contributed by atoms with Crippen molar-refractivity contribution in [2.24, 2.45) is 0 Å². The molecule has 78 valence electrons. The normalized spacial score (nSPS) is 10.8. The van der Waals surface area contributed by atoms with Gasteiger partial charge >= 0.3 is 0 Å². The van der Waals surface area contributed by atoms with Gasteiger partial charge in [0.25, 0.3) is 0 Å². The molecule has 2 N–H and O–H groups in total. The lowest BCUT2D eigenvalue weighted by Gasteiger charge is -2.07. The first-order chi connectivity index (χ1) is 7.86. The molecule has 3 nitrogen and oxygen atoms in total. The first kappa shape index (κ1) is 8.97. The SMILES string of the molecule is Nc1ccn2ccnc2c1-c1ccccc1. The third-order valence-electron chi connectivity index (χ3n) is 2.66. The molecule has 0 aliphatic heterocycles. The van der Waals surface area contributed by atoms with E-state index in [1.807, 2.05) is 53.2 Å². The molecule has 0 radical (unpaired) electrons. The lowest BCUT2D eigenvalue weighted by Crippen LogP contribution is -1.94. The van der Waals surface area contributed by atoms with Crippen LogP contribution in [0.3, 0.4) is 0 Å². The predicted octanol–water partition coefficient (Wildman–Crippen LogP) is 2.58. The second-order valence-corrected chi connectivity index (χ2v) is 3.67. The summed E-state index contributed by atoms with van der Waals surface area (Å²) in [6.07, 6.45) is 5.62. The summed E-state index contributed by atoms with van der Waals surface area (Å²) < 4.78 is 1.97. The van der Waals surface area contributed by atoms with Gasteiger partial charge in [-0.3, -0.25) is 0 Å². The van der Waals surface area contributed by atoms with Gasteiger partial charge in [-0.25, -0.2) is 4.98 Å². The van der Waals surface area contributed by atoms with Gasteiger partial charge < -0.3 is 10.1 Å². The van der Waals surface area contributed by atoms with E-state index in [4.69, 9.17) is 5.73 Å². The Labute approximate surface area is 93.2 Å². The fourth-order valence-electron chi connectivity index (χ4n) is 1.90. The van der Waals surface area contributed by atoms with Gasteiger partial charge in [0, 0.05) is 29.8 Å². The number of benzene rings is 1. The van der Waals surface area contributed by atoms with Gasteiger partial charge in [-0.2, -0.15) is 0 Å². The molecule has 2 heterocycles. The summed E-state index contributed by atoms with van der Waals surface area (Å²) in [6.45, 7) is 0. The van der Waals surface area contributed by atoms with E-state index in [-0.39, 0.29) is 0 Å². The van der Waals surface area contributed by atoms with Crippen LogP contribution in [0.5, 0.6) is 0 Å². The van der Waals surface area contributed by atoms with Crippen LogP contribution in [0, 0.1) is 0 Å². The number of aromatic nitrogens is 2. The average molecular weight is 209 g/mol. The quantitative estimate of drug-likeness (QED) is 0.669. The van der Waals surface area contributed by atoms with Crippen LogP contribution >= 0.6 is 0 Å². The second-order valence-electron chi connectivity index (χ2n) is 3.67. The summed E-state index contributed by atoms with van der Waals surface area (Å²) in [5.74, 6) is 0. The molecule has 0 fully saturated rings. The first-order valence-corrected chi connectivity index (χ1v) is 5.13. The van der Waals surface area contributed by atoms with Crippen molar-refractivity contribution in [1.82, 2.24) is 9.38 Å². The Bertz CT molecular complexity index is 626. The van der Waals surface area contributed by atoms with Crippen molar-refractivity contribution < 1.29 is 0 Å². The summed E-state index contributed by atoms with van der Waals surface area (Å²) in [4.78, 5) is 4.34. The van der Waals surface area contributed by atoms with Crippen LogP contribution < -0.4 is 5.73 Å². The molecule has 0 unspecified atom stereocenters. The second kappa shape index (κ2) is 3.38. The van der Waals surface area contributed by atoms with Crippen LogP contribution in [0.15, 0.2) is 55.0 Å². The minimum absolute atomic E-state index is 0.755. The Morgan fingerprint density at radius 2 is 1.81 bits per heavy atom. The van der Waals surface area contributed by atoms with Gasteiger partial charge in [0.15, 0.2) is 0 Å². The first-order valence-electron chi connectivity index (χ1n) is 5.13. The highest BCUT2D eigenvalue weighted by molar-refractivity contribution is 5.87. The van der Waals surface area contributed by atoms with E-state index in [0.717, 1.165) is 22.5 Å². The van der Waals surface area contributed by atoms with Crippen molar-refractivity contribution in [3.8, 4) is 11.1 Å². The van der Waals surface area contributed by atoms with Crippen molar-refractivity contribution in [1.29, 1.82) is 0 Å². The molecule has 0 atom stereocenters. The molecule has 0 saturated heterocycles. The number of nitrogens with zero attached hydrogens (tertiary/aromatic N) is 2. The van der Waals surface area contributed by atoms with Gasteiger partial charge in [0.2, 0.25) is 0 Å². The highest BCUT2D eigenvalue weighted by Crippen LogP contribution is 2.29. The van der Waals surface area contributed by atoms with Crippen LogP contribution in [0.1, 0.15) is 0 Å². The van der Waals surface area contributed by atoms with E-state index in [9.17, 15) is 0 Å². The maximum atomic E-state index is 6.02. The Balaban J connectivity index is 2.38. The number of fused-ring (bicyclic) bond motifs is 1. The Morgan fingerprint density at radius 1 is 1.00 bits per heavy atom. The van der Waals surface area contributed by atoms with Crippen molar-refractivity contribution >= 4 is 11.3 Å². The van der Waals surface area contributed by atoms with Crippen molar-refractivity contribution in [3.63, 3.8) is 0 Å². The van der Waals surface area contributed by atoms with Gasteiger partial charge in [0.1, 0.15) is 5.65 Å². The number of imidazole rings is 1. The summed E-state index contributed by atoms with van der Waals surface area (Å²) in [5, 5.41) is 0. The minimum atomic E-state index is 0.755. The van der Waals surface area contributed by atoms with Crippen LogP contribution in [0.2, 0.25) is 0 Å². The van der Waals surface area contributed by atoms with E-state index < -0.39 is 0 Å². The van der Waals surface area contributed by atoms with Crippen LogP contribution in [-0.2, 0) is 0 Å². The lowest BCUT2D eigenvalue weighted by molar-refractivity contribution is 1.19. The number of nitrogen functional groups attached to an aromatic ring is 1. The summed E-state index contributed by atoms with van der Waals surface area (Å²) in [6, 6.07) is 12.0.